The Balaban J connectivity index is 1.97. The highest BCUT2D eigenvalue weighted by Gasteiger charge is 2.13. The van der Waals surface area contributed by atoms with Crippen LogP contribution < -0.4 is 14.9 Å². The first kappa shape index (κ1) is 19.2. The van der Waals surface area contributed by atoms with Gasteiger partial charge in [0.25, 0.3) is 0 Å². The number of hydrogen-bond donors (Lipinski definition) is 2. The molecule has 26 heavy (non-hydrogen) atoms. The highest BCUT2D eigenvalue weighted by atomic mass is 16.5. The number of carbonyl (C=O) groups is 1. The van der Waals surface area contributed by atoms with E-state index in [2.05, 4.69) is 10.5 Å². The number of benzene rings is 2. The first-order chi connectivity index (χ1) is 12.7. The van der Waals surface area contributed by atoms with E-state index in [4.69, 9.17) is 9.47 Å². The second-order valence-electron chi connectivity index (χ2n) is 5.39. The highest BCUT2D eigenvalue weighted by Crippen LogP contribution is 2.30. The topological polar surface area (TPSA) is 80.2 Å². The summed E-state index contributed by atoms with van der Waals surface area (Å²) in [6.07, 6.45) is 5.20. The summed E-state index contributed by atoms with van der Waals surface area (Å²) in [6, 6.07) is 13.1. The summed E-state index contributed by atoms with van der Waals surface area (Å²) in [5, 5.41) is 13.4. The minimum Gasteiger partial charge on any atom is -0.493 e. The van der Waals surface area contributed by atoms with Crippen LogP contribution in [0.5, 0.6) is 11.5 Å². The molecule has 2 N–H and O–H groups in total. The molecule has 6 heteroatoms. The van der Waals surface area contributed by atoms with Gasteiger partial charge in [0.15, 0.2) is 11.5 Å². The van der Waals surface area contributed by atoms with Gasteiger partial charge in [-0.1, -0.05) is 36.4 Å². The quantitative estimate of drug-likeness (QED) is 0.564. The van der Waals surface area contributed by atoms with E-state index in [9.17, 15) is 9.90 Å². The van der Waals surface area contributed by atoms with Crippen molar-refractivity contribution in [2.75, 3.05) is 14.2 Å². The molecule has 2 aromatic carbocycles. The molecular formula is C20H22N2O4. The fraction of sp³-hybridized carbons (Fsp3) is 0.200. The largest absolute Gasteiger partial charge is 0.493 e. The van der Waals surface area contributed by atoms with Crippen molar-refractivity contribution < 1.29 is 19.4 Å². The molecule has 0 bridgehead atoms. The Morgan fingerprint density at radius 2 is 1.77 bits per heavy atom. The maximum Gasteiger partial charge on any atom is 0.244 e. The van der Waals surface area contributed by atoms with Crippen LogP contribution in [0.15, 0.2) is 53.6 Å². The Morgan fingerprint density at radius 1 is 1.12 bits per heavy atom. The van der Waals surface area contributed by atoms with Gasteiger partial charge in [-0.15, -0.1) is 0 Å². The molecule has 0 spiro atoms. The highest BCUT2D eigenvalue weighted by molar-refractivity contribution is 5.82. The summed E-state index contributed by atoms with van der Waals surface area (Å²) in [5.74, 6) is 0.711. The van der Waals surface area contributed by atoms with E-state index in [0.717, 1.165) is 5.56 Å². The van der Waals surface area contributed by atoms with E-state index in [0.29, 0.717) is 22.6 Å². The first-order valence-electron chi connectivity index (χ1n) is 8.06. The van der Waals surface area contributed by atoms with E-state index in [1.807, 2.05) is 36.4 Å². The predicted molar refractivity (Wildman–Crippen MR) is 101 cm³/mol. The number of nitrogens with zero attached hydrogens (tertiary/aromatic N) is 1. The van der Waals surface area contributed by atoms with Gasteiger partial charge in [0.05, 0.1) is 27.2 Å². The van der Waals surface area contributed by atoms with Crippen molar-refractivity contribution in [2.24, 2.45) is 5.10 Å². The molecule has 0 aliphatic heterocycles. The summed E-state index contributed by atoms with van der Waals surface area (Å²) >= 11 is 0. The summed E-state index contributed by atoms with van der Waals surface area (Å²) in [7, 11) is 3.03. The van der Waals surface area contributed by atoms with Gasteiger partial charge in [-0.3, -0.25) is 4.79 Å². The Labute approximate surface area is 152 Å². The minimum absolute atomic E-state index is 0.0655. The Kier molecular flexibility index (Phi) is 7.39. The molecule has 0 aliphatic rings. The third kappa shape index (κ3) is 5.46. The Morgan fingerprint density at radius 3 is 2.38 bits per heavy atom. The average Bonchev–Trinajstić information content (AvgIpc) is 2.68. The van der Waals surface area contributed by atoms with Crippen molar-refractivity contribution >= 4 is 18.2 Å². The molecule has 6 nitrogen and oxygen atoms in total. The number of aliphatic hydroxyl groups is 1. The SMILES string of the molecule is COc1cc(CO)c(CC(=O)N/N=C\C=C\c2ccccc2)cc1OC. The van der Waals surface area contributed by atoms with Crippen molar-refractivity contribution in [3.8, 4) is 11.5 Å². The molecule has 0 heterocycles. The molecule has 0 unspecified atom stereocenters. The molecule has 0 aromatic heterocycles. The van der Waals surface area contributed by atoms with Crippen LogP contribution in [0.2, 0.25) is 0 Å². The zero-order valence-corrected chi connectivity index (χ0v) is 14.8. The van der Waals surface area contributed by atoms with Gasteiger partial charge < -0.3 is 14.6 Å². The standard InChI is InChI=1S/C20H22N2O4/c1-25-18-11-16(17(14-23)12-19(18)26-2)13-20(24)22-21-10-6-9-15-7-4-3-5-8-15/h3-12,23H,13-14H2,1-2H3,(H,22,24)/b9-6+,21-10-. The zero-order chi connectivity index (χ0) is 18.8. The summed E-state index contributed by atoms with van der Waals surface area (Å²) in [5.41, 5.74) is 4.76. The van der Waals surface area contributed by atoms with Gasteiger partial charge in [0.1, 0.15) is 0 Å². The van der Waals surface area contributed by atoms with E-state index in [1.54, 1.807) is 18.2 Å². The number of rotatable bonds is 8. The molecule has 0 fully saturated rings. The van der Waals surface area contributed by atoms with Crippen LogP contribution in [0, 0.1) is 0 Å². The molecular weight excluding hydrogens is 332 g/mol. The van der Waals surface area contributed by atoms with Crippen LogP contribution in [0.25, 0.3) is 6.08 Å². The van der Waals surface area contributed by atoms with Crippen LogP contribution in [0.4, 0.5) is 0 Å². The molecule has 0 saturated heterocycles. The van der Waals surface area contributed by atoms with E-state index < -0.39 is 0 Å². The van der Waals surface area contributed by atoms with Gasteiger partial charge in [-0.2, -0.15) is 5.10 Å². The summed E-state index contributed by atoms with van der Waals surface area (Å²) < 4.78 is 10.4. The number of hydrogen-bond acceptors (Lipinski definition) is 5. The van der Waals surface area contributed by atoms with Crippen LogP contribution in [-0.4, -0.2) is 31.4 Å². The lowest BCUT2D eigenvalue weighted by atomic mass is 10.0. The second-order valence-corrected chi connectivity index (χ2v) is 5.39. The van der Waals surface area contributed by atoms with Crippen molar-refractivity contribution in [3.05, 3.63) is 65.2 Å². The van der Waals surface area contributed by atoms with Crippen LogP contribution in [0.3, 0.4) is 0 Å². The van der Waals surface area contributed by atoms with Gasteiger partial charge in [-0.25, -0.2) is 5.43 Å². The number of allylic oxidation sites excluding steroid dienone is 1. The van der Waals surface area contributed by atoms with Gasteiger partial charge in [-0.05, 0) is 34.9 Å². The van der Waals surface area contributed by atoms with E-state index >= 15 is 0 Å². The number of amides is 1. The molecule has 136 valence electrons. The van der Waals surface area contributed by atoms with Crippen LogP contribution >= 0.6 is 0 Å². The third-order valence-electron chi connectivity index (χ3n) is 3.67. The van der Waals surface area contributed by atoms with Crippen molar-refractivity contribution in [1.29, 1.82) is 0 Å². The smallest absolute Gasteiger partial charge is 0.244 e. The van der Waals surface area contributed by atoms with Crippen molar-refractivity contribution in [1.82, 2.24) is 5.43 Å². The fourth-order valence-corrected chi connectivity index (χ4v) is 2.36. The van der Waals surface area contributed by atoms with Gasteiger partial charge >= 0.3 is 0 Å². The molecule has 0 saturated carbocycles. The third-order valence-corrected chi connectivity index (χ3v) is 3.67. The van der Waals surface area contributed by atoms with Crippen molar-refractivity contribution in [3.63, 3.8) is 0 Å². The molecule has 0 aliphatic carbocycles. The first-order valence-corrected chi connectivity index (χ1v) is 8.06. The number of nitrogens with one attached hydrogen (secondary N) is 1. The summed E-state index contributed by atoms with van der Waals surface area (Å²) in [6.45, 7) is -0.202. The van der Waals surface area contributed by atoms with Crippen LogP contribution in [0.1, 0.15) is 16.7 Å². The molecule has 2 aromatic rings. The normalized spacial score (nSPS) is 11.0. The number of aliphatic hydroxyl groups excluding tert-OH is 1. The molecule has 1 amide bonds. The fourth-order valence-electron chi connectivity index (χ4n) is 2.36. The maximum absolute atomic E-state index is 12.1. The molecule has 0 radical (unpaired) electrons. The number of hydrazone groups is 1. The predicted octanol–water partition coefficient (Wildman–Crippen LogP) is 2.55. The maximum atomic E-state index is 12.1. The summed E-state index contributed by atoms with van der Waals surface area (Å²) in [4.78, 5) is 12.1. The number of carbonyl (C=O) groups excluding carboxylic acids is 1. The minimum atomic E-state index is -0.295. The Hall–Kier alpha value is -3.12. The lowest BCUT2D eigenvalue weighted by Crippen LogP contribution is -2.20. The van der Waals surface area contributed by atoms with E-state index in [1.165, 1.54) is 20.4 Å². The lowest BCUT2D eigenvalue weighted by Gasteiger charge is -2.13. The molecule has 0 atom stereocenters. The van der Waals surface area contributed by atoms with Gasteiger partial charge in [0.2, 0.25) is 5.91 Å². The second kappa shape index (κ2) is 10.0. The molecule has 2 rings (SSSR count). The lowest BCUT2D eigenvalue weighted by molar-refractivity contribution is -0.120. The Bertz CT molecular complexity index is 786. The van der Waals surface area contributed by atoms with E-state index in [-0.39, 0.29) is 18.9 Å². The van der Waals surface area contributed by atoms with Crippen LogP contribution in [-0.2, 0) is 17.8 Å². The number of methoxy groups -OCH3 is 2. The van der Waals surface area contributed by atoms with Crippen molar-refractivity contribution in [2.45, 2.75) is 13.0 Å². The van der Waals surface area contributed by atoms with Gasteiger partial charge in [0, 0.05) is 6.21 Å². The zero-order valence-electron chi connectivity index (χ0n) is 14.8. The monoisotopic (exact) mass is 354 g/mol. The number of ether oxygens (including phenoxy) is 2. The average molecular weight is 354 g/mol.